The Bertz CT molecular complexity index is 2100. The number of para-hydroxylation sites is 3. The van der Waals surface area contributed by atoms with Crippen LogP contribution in [0.5, 0.6) is 0 Å². The first-order valence-electron chi connectivity index (χ1n) is 11.8. The molecule has 168 valence electrons. The van der Waals surface area contributed by atoms with E-state index in [0.717, 1.165) is 33.0 Å². The summed E-state index contributed by atoms with van der Waals surface area (Å²) in [5.41, 5.74) is 6.19. The third kappa shape index (κ3) is 2.61. The molecule has 0 saturated carbocycles. The highest BCUT2D eigenvalue weighted by Crippen LogP contribution is 2.39. The van der Waals surface area contributed by atoms with Gasteiger partial charge in [0, 0.05) is 39.6 Å². The summed E-state index contributed by atoms with van der Waals surface area (Å²) in [6.07, 6.45) is 5.05. The van der Waals surface area contributed by atoms with Gasteiger partial charge in [0.1, 0.15) is 6.33 Å². The first-order valence-corrected chi connectivity index (χ1v) is 11.8. The smallest absolute Gasteiger partial charge is 0.236 e. The largest absolute Gasteiger partial charge is 0.309 e. The Hall–Kier alpha value is -5.10. The predicted octanol–water partition coefficient (Wildman–Crippen LogP) is 6.61. The zero-order chi connectivity index (χ0) is 23.6. The van der Waals surface area contributed by atoms with Crippen LogP contribution in [-0.4, -0.2) is 29.1 Å². The molecule has 0 radical (unpaired) electrons. The highest BCUT2D eigenvalue weighted by atomic mass is 15.2. The second-order valence-electron chi connectivity index (χ2n) is 8.90. The van der Waals surface area contributed by atoms with E-state index in [1.54, 1.807) is 12.4 Å². The Morgan fingerprint density at radius 3 is 1.97 bits per heavy atom. The maximum absolute atomic E-state index is 4.82. The van der Waals surface area contributed by atoms with Crippen LogP contribution in [0, 0.1) is 0 Å². The van der Waals surface area contributed by atoms with Gasteiger partial charge < -0.3 is 4.57 Å². The minimum Gasteiger partial charge on any atom is -0.309 e. The predicted molar refractivity (Wildman–Crippen MR) is 144 cm³/mol. The van der Waals surface area contributed by atoms with Gasteiger partial charge in [0.15, 0.2) is 5.65 Å². The number of nitrogens with zero attached hydrogens (tertiary/aromatic N) is 6. The molecule has 0 bridgehead atoms. The third-order valence-corrected chi connectivity index (χ3v) is 6.92. The van der Waals surface area contributed by atoms with E-state index in [4.69, 9.17) is 9.97 Å². The third-order valence-electron chi connectivity index (χ3n) is 6.92. The highest BCUT2D eigenvalue weighted by Gasteiger charge is 2.19. The Kier molecular flexibility index (Phi) is 3.85. The van der Waals surface area contributed by atoms with Crippen molar-refractivity contribution in [2.24, 2.45) is 0 Å². The van der Waals surface area contributed by atoms with Crippen molar-refractivity contribution in [2.45, 2.75) is 0 Å². The van der Waals surface area contributed by atoms with Gasteiger partial charge in [-0.1, -0.05) is 54.6 Å². The van der Waals surface area contributed by atoms with Gasteiger partial charge in [0.05, 0.1) is 27.5 Å². The summed E-state index contributed by atoms with van der Waals surface area (Å²) in [6, 6.07) is 32.1. The molecule has 0 atom stereocenters. The second-order valence-corrected chi connectivity index (χ2v) is 8.90. The van der Waals surface area contributed by atoms with E-state index < -0.39 is 0 Å². The molecular formula is C30H18N6. The van der Waals surface area contributed by atoms with Gasteiger partial charge in [0.25, 0.3) is 0 Å². The molecule has 4 aromatic carbocycles. The van der Waals surface area contributed by atoms with Crippen molar-refractivity contribution in [2.75, 3.05) is 0 Å². The van der Waals surface area contributed by atoms with Gasteiger partial charge in [-0.2, -0.15) is 4.98 Å². The first kappa shape index (κ1) is 19.2. The SMILES string of the molecule is c1ccc(-n2c3ccccc3c3cc4c5ccccc5n(-c5ncc6cncnc6n5)c4cc32)cc1. The molecule has 36 heavy (non-hydrogen) atoms. The zero-order valence-electron chi connectivity index (χ0n) is 19.1. The van der Waals surface area contributed by atoms with Crippen LogP contribution in [-0.2, 0) is 0 Å². The maximum Gasteiger partial charge on any atom is 0.236 e. The zero-order valence-corrected chi connectivity index (χ0v) is 19.1. The van der Waals surface area contributed by atoms with Crippen LogP contribution >= 0.6 is 0 Å². The van der Waals surface area contributed by atoms with Crippen LogP contribution in [0.3, 0.4) is 0 Å². The van der Waals surface area contributed by atoms with Crippen molar-refractivity contribution in [1.29, 1.82) is 0 Å². The van der Waals surface area contributed by atoms with Crippen LogP contribution in [0.15, 0.2) is 110 Å². The number of aromatic nitrogens is 6. The average molecular weight is 463 g/mol. The molecule has 0 aliphatic rings. The van der Waals surface area contributed by atoms with Crippen LogP contribution < -0.4 is 0 Å². The molecule has 0 N–H and O–H groups in total. The maximum atomic E-state index is 4.82. The fourth-order valence-corrected chi connectivity index (χ4v) is 5.38. The topological polar surface area (TPSA) is 61.4 Å². The Labute approximate surface area is 205 Å². The van der Waals surface area contributed by atoms with Crippen molar-refractivity contribution in [1.82, 2.24) is 29.1 Å². The highest BCUT2D eigenvalue weighted by molar-refractivity contribution is 6.19. The van der Waals surface area contributed by atoms with Crippen molar-refractivity contribution in [3.8, 4) is 11.6 Å². The van der Waals surface area contributed by atoms with E-state index in [-0.39, 0.29) is 0 Å². The fourth-order valence-electron chi connectivity index (χ4n) is 5.38. The number of hydrogen-bond donors (Lipinski definition) is 0. The molecular weight excluding hydrogens is 444 g/mol. The van der Waals surface area contributed by atoms with Gasteiger partial charge >= 0.3 is 0 Å². The quantitative estimate of drug-likeness (QED) is 0.290. The van der Waals surface area contributed by atoms with E-state index in [1.807, 2.05) is 6.07 Å². The lowest BCUT2D eigenvalue weighted by atomic mass is 10.1. The number of fused-ring (bicyclic) bond motifs is 7. The van der Waals surface area contributed by atoms with Crippen LogP contribution in [0.4, 0.5) is 0 Å². The van der Waals surface area contributed by atoms with Gasteiger partial charge in [-0.3, -0.25) is 4.57 Å². The molecule has 0 aliphatic heterocycles. The van der Waals surface area contributed by atoms with Gasteiger partial charge in [-0.25, -0.2) is 15.0 Å². The van der Waals surface area contributed by atoms with E-state index in [2.05, 4.69) is 104 Å². The van der Waals surface area contributed by atoms with E-state index >= 15 is 0 Å². The van der Waals surface area contributed by atoms with Crippen molar-refractivity contribution in [3.63, 3.8) is 0 Å². The molecule has 8 aromatic rings. The Balaban J connectivity index is 1.55. The van der Waals surface area contributed by atoms with E-state index in [9.17, 15) is 0 Å². The summed E-state index contributed by atoms with van der Waals surface area (Å²) in [5.74, 6) is 0.592. The van der Waals surface area contributed by atoms with Crippen molar-refractivity contribution in [3.05, 3.63) is 110 Å². The summed E-state index contributed by atoms with van der Waals surface area (Å²) >= 11 is 0. The van der Waals surface area contributed by atoms with Crippen molar-refractivity contribution < 1.29 is 0 Å². The molecule has 0 fully saturated rings. The Morgan fingerprint density at radius 1 is 0.528 bits per heavy atom. The molecule has 0 unspecified atom stereocenters. The molecule has 8 rings (SSSR count). The minimum atomic E-state index is 0.592. The molecule has 4 heterocycles. The molecule has 6 heteroatoms. The molecule has 4 aromatic heterocycles. The molecule has 0 saturated heterocycles. The van der Waals surface area contributed by atoms with Gasteiger partial charge in [-0.15, -0.1) is 0 Å². The van der Waals surface area contributed by atoms with E-state index in [0.29, 0.717) is 11.6 Å². The van der Waals surface area contributed by atoms with Gasteiger partial charge in [-0.05, 0) is 36.4 Å². The van der Waals surface area contributed by atoms with Crippen LogP contribution in [0.1, 0.15) is 0 Å². The van der Waals surface area contributed by atoms with Crippen LogP contribution in [0.2, 0.25) is 0 Å². The summed E-state index contributed by atoms with van der Waals surface area (Å²) in [6.45, 7) is 0. The average Bonchev–Trinajstić information content (AvgIpc) is 3.44. The lowest BCUT2D eigenvalue weighted by Gasteiger charge is -2.09. The summed E-state index contributed by atoms with van der Waals surface area (Å²) in [4.78, 5) is 18.0. The molecule has 0 aliphatic carbocycles. The summed E-state index contributed by atoms with van der Waals surface area (Å²) in [7, 11) is 0. The van der Waals surface area contributed by atoms with E-state index in [1.165, 1.54) is 28.0 Å². The Morgan fingerprint density at radius 2 is 1.19 bits per heavy atom. The summed E-state index contributed by atoms with van der Waals surface area (Å²) < 4.78 is 4.47. The normalized spacial score (nSPS) is 11.9. The second kappa shape index (κ2) is 7.20. The molecule has 6 nitrogen and oxygen atoms in total. The van der Waals surface area contributed by atoms with Crippen LogP contribution in [0.25, 0.3) is 66.3 Å². The minimum absolute atomic E-state index is 0.592. The number of rotatable bonds is 2. The number of benzene rings is 4. The molecule has 0 spiro atoms. The first-order chi connectivity index (χ1) is 17.9. The van der Waals surface area contributed by atoms with Crippen molar-refractivity contribution >= 4 is 54.6 Å². The standard InChI is InChI=1S/C30H18N6/c1-2-8-20(9-3-1)35-25-12-6-4-10-21(25)23-14-24-22-11-5-7-13-26(22)36(28(24)15-27(23)35)30-32-17-19-16-31-18-33-29(19)34-30/h1-18H. The van der Waals surface area contributed by atoms with Gasteiger partial charge in [0.2, 0.25) is 5.95 Å². The lowest BCUT2D eigenvalue weighted by molar-refractivity contribution is 0.996. The molecule has 0 amide bonds. The fraction of sp³-hybridized carbons (Fsp3) is 0. The number of hydrogen-bond acceptors (Lipinski definition) is 4. The monoisotopic (exact) mass is 462 g/mol. The summed E-state index contributed by atoms with van der Waals surface area (Å²) in [5, 5.41) is 5.59. The lowest BCUT2D eigenvalue weighted by Crippen LogP contribution is -2.02.